The highest BCUT2D eigenvalue weighted by Crippen LogP contribution is 2.23. The van der Waals surface area contributed by atoms with Crippen LogP contribution in [0.1, 0.15) is 45.4 Å². The van der Waals surface area contributed by atoms with Gasteiger partial charge in [0, 0.05) is 36.6 Å². The number of aryl methyl sites for hydroxylation is 1. The van der Waals surface area contributed by atoms with Gasteiger partial charge in [-0.15, -0.1) is 24.8 Å². The van der Waals surface area contributed by atoms with Gasteiger partial charge in [0.2, 0.25) is 5.91 Å². The first-order valence-corrected chi connectivity index (χ1v) is 9.88. The number of rotatable bonds is 8. The summed E-state index contributed by atoms with van der Waals surface area (Å²) in [6.07, 6.45) is 10.1. The van der Waals surface area contributed by atoms with E-state index in [0.29, 0.717) is 12.3 Å². The minimum Gasteiger partial charge on any atom is -0.331 e. The number of aromatic nitrogens is 2. The average Bonchev–Trinajstić information content (AvgIpc) is 3.14. The number of carbonyl (C=O) groups is 1. The molecular weight excluding hydrogens is 395 g/mol. The van der Waals surface area contributed by atoms with Gasteiger partial charge < -0.3 is 15.2 Å². The Labute approximate surface area is 180 Å². The van der Waals surface area contributed by atoms with Crippen LogP contribution in [0.15, 0.2) is 36.7 Å². The smallest absolute Gasteiger partial charge is 0.224 e. The van der Waals surface area contributed by atoms with Gasteiger partial charge in [-0.1, -0.05) is 25.5 Å². The number of piperidine rings is 1. The van der Waals surface area contributed by atoms with Gasteiger partial charge in [0.1, 0.15) is 5.82 Å². The minimum absolute atomic E-state index is 0. The number of halogens is 2. The maximum Gasteiger partial charge on any atom is 0.224 e. The number of hydrogen-bond donors (Lipinski definition) is 2. The number of anilines is 1. The molecule has 1 aromatic heterocycles. The zero-order valence-corrected chi connectivity index (χ0v) is 18.2. The number of nitrogens with zero attached hydrogens (tertiary/aromatic N) is 2. The van der Waals surface area contributed by atoms with Crippen molar-refractivity contribution in [1.82, 2.24) is 14.9 Å². The molecule has 1 fully saturated rings. The van der Waals surface area contributed by atoms with Gasteiger partial charge in [-0.3, -0.25) is 4.79 Å². The molecule has 1 aliphatic rings. The van der Waals surface area contributed by atoms with E-state index in [1.165, 1.54) is 12.8 Å². The van der Waals surface area contributed by atoms with Crippen LogP contribution in [0, 0.1) is 5.92 Å². The van der Waals surface area contributed by atoms with Crippen molar-refractivity contribution in [3.05, 3.63) is 36.7 Å². The fourth-order valence-corrected chi connectivity index (χ4v) is 3.54. The summed E-state index contributed by atoms with van der Waals surface area (Å²) in [7, 11) is 0. The lowest BCUT2D eigenvalue weighted by Gasteiger charge is -2.22. The minimum atomic E-state index is 0. The van der Waals surface area contributed by atoms with E-state index in [1.54, 1.807) is 0 Å². The number of benzene rings is 1. The van der Waals surface area contributed by atoms with Crippen molar-refractivity contribution >= 4 is 36.4 Å². The number of unbranched alkanes of at least 4 members (excludes halogenated alkanes) is 1. The summed E-state index contributed by atoms with van der Waals surface area (Å²) in [5.41, 5.74) is 1.89. The highest BCUT2D eigenvalue weighted by Gasteiger charge is 2.15. The van der Waals surface area contributed by atoms with Gasteiger partial charge in [0.05, 0.1) is 0 Å². The van der Waals surface area contributed by atoms with Gasteiger partial charge in [0.15, 0.2) is 0 Å². The fraction of sp³-hybridized carbons (Fsp3) is 0.524. The van der Waals surface area contributed by atoms with Crippen molar-refractivity contribution in [3.8, 4) is 11.4 Å². The molecule has 1 saturated heterocycles. The van der Waals surface area contributed by atoms with E-state index in [9.17, 15) is 4.79 Å². The standard InChI is InChI=1S/C21H30N4O.2ClH/c1-2-3-14-25-15-13-23-21(25)18-5-4-6-19(16-18)24-20(26)8-7-17-9-11-22-12-10-17;;/h4-6,13,15-17,22H,2-3,7-12,14H2,1H3,(H,24,26);2*1H. The molecule has 0 atom stereocenters. The van der Waals surface area contributed by atoms with Gasteiger partial charge in [-0.2, -0.15) is 0 Å². The molecule has 1 aliphatic heterocycles. The third-order valence-corrected chi connectivity index (χ3v) is 5.11. The Bertz CT molecular complexity index is 714. The van der Waals surface area contributed by atoms with Crippen LogP contribution < -0.4 is 10.6 Å². The maximum atomic E-state index is 12.3. The van der Waals surface area contributed by atoms with E-state index in [4.69, 9.17) is 0 Å². The summed E-state index contributed by atoms with van der Waals surface area (Å²) in [6, 6.07) is 8.00. The van der Waals surface area contributed by atoms with Crippen LogP contribution >= 0.6 is 24.8 Å². The number of imidazole rings is 1. The molecular formula is C21H32Cl2N4O. The summed E-state index contributed by atoms with van der Waals surface area (Å²) in [6.45, 7) is 5.33. The van der Waals surface area contributed by atoms with Crippen LogP contribution in [0.25, 0.3) is 11.4 Å². The van der Waals surface area contributed by atoms with Crippen LogP contribution in [-0.2, 0) is 11.3 Å². The zero-order valence-electron chi connectivity index (χ0n) is 16.5. The lowest BCUT2D eigenvalue weighted by atomic mass is 9.93. The van der Waals surface area contributed by atoms with Crippen LogP contribution in [-0.4, -0.2) is 28.5 Å². The fourth-order valence-electron chi connectivity index (χ4n) is 3.54. The molecule has 1 aromatic carbocycles. The highest BCUT2D eigenvalue weighted by atomic mass is 35.5. The molecule has 1 amide bonds. The first kappa shape index (κ1) is 24.5. The lowest BCUT2D eigenvalue weighted by Crippen LogP contribution is -2.28. The van der Waals surface area contributed by atoms with Crippen molar-refractivity contribution in [2.24, 2.45) is 5.92 Å². The Balaban J connectivity index is 0.00000196. The number of amides is 1. The van der Waals surface area contributed by atoms with Crippen LogP contribution in [0.3, 0.4) is 0 Å². The van der Waals surface area contributed by atoms with Gasteiger partial charge >= 0.3 is 0 Å². The second-order valence-corrected chi connectivity index (χ2v) is 7.16. The molecule has 2 N–H and O–H groups in total. The summed E-state index contributed by atoms with van der Waals surface area (Å²) >= 11 is 0. The van der Waals surface area contributed by atoms with E-state index < -0.39 is 0 Å². The van der Waals surface area contributed by atoms with E-state index in [0.717, 1.165) is 56.0 Å². The molecule has 2 aromatic rings. The molecule has 0 spiro atoms. The van der Waals surface area contributed by atoms with Gasteiger partial charge in [-0.05, 0) is 56.8 Å². The quantitative estimate of drug-likeness (QED) is 0.629. The molecule has 0 radical (unpaired) electrons. The first-order valence-electron chi connectivity index (χ1n) is 9.88. The van der Waals surface area contributed by atoms with Crippen LogP contribution in [0.2, 0.25) is 0 Å². The molecule has 0 saturated carbocycles. The first-order chi connectivity index (χ1) is 12.8. The maximum absolute atomic E-state index is 12.3. The van der Waals surface area contributed by atoms with E-state index in [1.807, 2.05) is 30.6 Å². The molecule has 28 heavy (non-hydrogen) atoms. The molecule has 156 valence electrons. The third-order valence-electron chi connectivity index (χ3n) is 5.11. The highest BCUT2D eigenvalue weighted by molar-refractivity contribution is 5.91. The molecule has 0 unspecified atom stereocenters. The Morgan fingerprint density at radius 2 is 2.07 bits per heavy atom. The zero-order chi connectivity index (χ0) is 18.2. The number of hydrogen-bond acceptors (Lipinski definition) is 3. The molecule has 0 aliphatic carbocycles. The van der Waals surface area contributed by atoms with Crippen molar-refractivity contribution in [1.29, 1.82) is 0 Å². The SMILES string of the molecule is CCCCn1ccnc1-c1cccc(NC(=O)CCC2CCNCC2)c1.Cl.Cl. The summed E-state index contributed by atoms with van der Waals surface area (Å²) in [5.74, 6) is 1.75. The summed E-state index contributed by atoms with van der Waals surface area (Å²) < 4.78 is 2.18. The monoisotopic (exact) mass is 426 g/mol. The summed E-state index contributed by atoms with van der Waals surface area (Å²) in [4.78, 5) is 16.8. The van der Waals surface area contributed by atoms with Crippen LogP contribution in [0.5, 0.6) is 0 Å². The Morgan fingerprint density at radius 1 is 1.29 bits per heavy atom. The predicted molar refractivity (Wildman–Crippen MR) is 121 cm³/mol. The second-order valence-electron chi connectivity index (χ2n) is 7.16. The molecule has 2 heterocycles. The predicted octanol–water partition coefficient (Wildman–Crippen LogP) is 4.91. The van der Waals surface area contributed by atoms with Crippen molar-refractivity contribution in [2.45, 2.75) is 52.0 Å². The van der Waals surface area contributed by atoms with Gasteiger partial charge in [-0.25, -0.2) is 4.98 Å². The molecule has 3 rings (SSSR count). The molecule has 5 nitrogen and oxygen atoms in total. The summed E-state index contributed by atoms with van der Waals surface area (Å²) in [5, 5.41) is 6.43. The van der Waals surface area contributed by atoms with Crippen molar-refractivity contribution in [3.63, 3.8) is 0 Å². The van der Waals surface area contributed by atoms with Crippen molar-refractivity contribution < 1.29 is 4.79 Å². The average molecular weight is 427 g/mol. The van der Waals surface area contributed by atoms with Crippen molar-refractivity contribution in [2.75, 3.05) is 18.4 Å². The van der Waals surface area contributed by atoms with Gasteiger partial charge in [0.25, 0.3) is 0 Å². The Hall–Kier alpha value is -1.56. The topological polar surface area (TPSA) is 59.0 Å². The Kier molecular flexibility index (Phi) is 11.2. The lowest BCUT2D eigenvalue weighted by molar-refractivity contribution is -0.116. The second kappa shape index (κ2) is 12.8. The number of carbonyl (C=O) groups excluding carboxylic acids is 1. The van der Waals surface area contributed by atoms with E-state index >= 15 is 0 Å². The largest absolute Gasteiger partial charge is 0.331 e. The Morgan fingerprint density at radius 3 is 2.82 bits per heavy atom. The van der Waals surface area contributed by atoms with Crippen LogP contribution in [0.4, 0.5) is 5.69 Å². The normalized spacial score (nSPS) is 14.0. The number of nitrogens with one attached hydrogen (secondary N) is 2. The van der Waals surface area contributed by atoms with E-state index in [-0.39, 0.29) is 30.7 Å². The third kappa shape index (κ3) is 7.12. The molecule has 7 heteroatoms. The molecule has 0 bridgehead atoms. The van der Waals surface area contributed by atoms with E-state index in [2.05, 4.69) is 33.2 Å².